The smallest absolute Gasteiger partial charge is 0.268 e. The number of carbonyl (C=O) groups is 1. The number of carbonyl (C=O) groups excluding carboxylic acids is 1. The fraction of sp³-hybridized carbons (Fsp3) is 0.231. The number of aliphatic hydroxyl groups is 1. The number of imidazole rings is 1. The highest BCUT2D eigenvalue weighted by molar-refractivity contribution is 8.01. The number of nitrogens with zero attached hydrogens (tertiary/aromatic N) is 2. The maximum Gasteiger partial charge on any atom is 0.268 e. The number of benzene rings is 2. The molecule has 0 aliphatic heterocycles. The van der Waals surface area contributed by atoms with Crippen LogP contribution in [-0.2, 0) is 13.0 Å². The van der Waals surface area contributed by atoms with Crippen LogP contribution < -0.4 is 10.5 Å². The molecule has 0 spiro atoms. The van der Waals surface area contributed by atoms with Crippen molar-refractivity contribution >= 4 is 41.4 Å². The molecule has 0 aliphatic rings. The van der Waals surface area contributed by atoms with E-state index in [0.29, 0.717) is 19.4 Å². The minimum atomic E-state index is -0.617. The van der Waals surface area contributed by atoms with Crippen LogP contribution in [0.15, 0.2) is 87.7 Å². The number of rotatable bonds is 11. The van der Waals surface area contributed by atoms with Gasteiger partial charge in [0.2, 0.25) is 0 Å². The Bertz CT molecular complexity index is 1210. The van der Waals surface area contributed by atoms with Crippen molar-refractivity contribution in [1.29, 1.82) is 0 Å². The lowest BCUT2D eigenvalue weighted by Gasteiger charge is -2.22. The number of hydrogen-bond acceptors (Lipinski definition) is 6. The van der Waals surface area contributed by atoms with Crippen molar-refractivity contribution in [1.82, 2.24) is 9.55 Å². The van der Waals surface area contributed by atoms with E-state index in [9.17, 15) is 9.90 Å². The van der Waals surface area contributed by atoms with Crippen LogP contribution in [0.3, 0.4) is 0 Å². The lowest BCUT2D eigenvalue weighted by molar-refractivity contribution is 0.0994. The normalized spacial score (nSPS) is 12.5. The van der Waals surface area contributed by atoms with Crippen molar-refractivity contribution in [3.8, 4) is 5.75 Å². The molecule has 184 valence electrons. The SMILES string of the molecule is C[C@H](O)[C@@H](CCc1ccccc1OCc1ccc(Sc2cccs2)cc1)n1cnc(C(N)=O)c1.Cl. The number of aromatic nitrogens is 2. The summed E-state index contributed by atoms with van der Waals surface area (Å²) in [5, 5.41) is 12.4. The molecule has 0 saturated carbocycles. The van der Waals surface area contributed by atoms with Gasteiger partial charge >= 0.3 is 0 Å². The molecule has 2 atom stereocenters. The average Bonchev–Trinajstić information content (AvgIpc) is 3.52. The summed E-state index contributed by atoms with van der Waals surface area (Å²) in [7, 11) is 0. The van der Waals surface area contributed by atoms with E-state index in [4.69, 9.17) is 10.5 Å². The number of primary amides is 1. The number of para-hydroxylation sites is 1. The van der Waals surface area contributed by atoms with E-state index in [2.05, 4.69) is 46.8 Å². The Hall–Kier alpha value is -2.78. The largest absolute Gasteiger partial charge is 0.489 e. The number of thiophene rings is 1. The Labute approximate surface area is 219 Å². The molecule has 0 bridgehead atoms. The van der Waals surface area contributed by atoms with E-state index in [1.165, 1.54) is 9.10 Å². The highest BCUT2D eigenvalue weighted by atomic mass is 35.5. The highest BCUT2D eigenvalue weighted by Gasteiger charge is 2.19. The molecule has 6 nitrogen and oxygen atoms in total. The van der Waals surface area contributed by atoms with Crippen LogP contribution in [0.4, 0.5) is 0 Å². The van der Waals surface area contributed by atoms with E-state index in [0.717, 1.165) is 16.9 Å². The van der Waals surface area contributed by atoms with Crippen LogP contribution in [-0.4, -0.2) is 26.7 Å². The molecule has 2 aromatic carbocycles. The minimum absolute atomic E-state index is 0. The van der Waals surface area contributed by atoms with Gasteiger partial charge in [0, 0.05) is 11.1 Å². The van der Waals surface area contributed by atoms with E-state index in [-0.39, 0.29) is 24.1 Å². The zero-order valence-corrected chi connectivity index (χ0v) is 21.7. The summed E-state index contributed by atoms with van der Waals surface area (Å²) < 4.78 is 9.18. The molecule has 0 fully saturated rings. The number of ether oxygens (including phenoxy) is 1. The summed E-state index contributed by atoms with van der Waals surface area (Å²) in [4.78, 5) is 16.6. The third kappa shape index (κ3) is 7.35. The minimum Gasteiger partial charge on any atom is -0.489 e. The first-order valence-corrected chi connectivity index (χ1v) is 12.7. The molecule has 0 radical (unpaired) electrons. The van der Waals surface area contributed by atoms with Crippen LogP contribution in [0, 0.1) is 0 Å². The van der Waals surface area contributed by atoms with Gasteiger partial charge in [0.05, 0.1) is 22.7 Å². The summed E-state index contributed by atoms with van der Waals surface area (Å²) in [5.41, 5.74) is 7.67. The topological polar surface area (TPSA) is 90.4 Å². The lowest BCUT2D eigenvalue weighted by atomic mass is 10.0. The van der Waals surface area contributed by atoms with Gasteiger partial charge in [-0.05, 0) is 60.5 Å². The summed E-state index contributed by atoms with van der Waals surface area (Å²) in [6.45, 7) is 2.21. The second-order valence-corrected chi connectivity index (χ2v) is 10.3. The maximum atomic E-state index is 11.4. The molecule has 2 heterocycles. The summed E-state index contributed by atoms with van der Waals surface area (Å²) in [5.74, 6) is 0.243. The number of aryl methyl sites for hydroxylation is 1. The number of aliphatic hydroxyl groups excluding tert-OH is 1. The number of hydrogen-bond donors (Lipinski definition) is 2. The Morgan fingerprint density at radius 2 is 1.94 bits per heavy atom. The summed E-state index contributed by atoms with van der Waals surface area (Å²) in [6.07, 6.45) is 3.87. The highest BCUT2D eigenvalue weighted by Crippen LogP contribution is 2.31. The predicted molar refractivity (Wildman–Crippen MR) is 143 cm³/mol. The molecule has 9 heteroatoms. The fourth-order valence-electron chi connectivity index (χ4n) is 3.69. The zero-order chi connectivity index (χ0) is 23.9. The van der Waals surface area contributed by atoms with Crippen molar-refractivity contribution in [2.75, 3.05) is 0 Å². The number of nitrogens with two attached hydrogens (primary N) is 1. The molecule has 35 heavy (non-hydrogen) atoms. The van der Waals surface area contributed by atoms with Gasteiger partial charge < -0.3 is 20.1 Å². The average molecular weight is 530 g/mol. The van der Waals surface area contributed by atoms with Gasteiger partial charge in [-0.2, -0.15) is 0 Å². The first-order valence-electron chi connectivity index (χ1n) is 11.0. The van der Waals surface area contributed by atoms with Crippen LogP contribution >= 0.6 is 35.5 Å². The van der Waals surface area contributed by atoms with Gasteiger partial charge in [0.15, 0.2) is 0 Å². The van der Waals surface area contributed by atoms with Crippen molar-refractivity contribution in [2.45, 2.75) is 47.6 Å². The monoisotopic (exact) mass is 529 g/mol. The molecule has 4 rings (SSSR count). The molecule has 0 aliphatic carbocycles. The van der Waals surface area contributed by atoms with E-state index < -0.39 is 12.0 Å². The first-order chi connectivity index (χ1) is 16.5. The zero-order valence-electron chi connectivity index (χ0n) is 19.2. The Balaban J connectivity index is 0.00000342. The predicted octanol–water partition coefficient (Wildman–Crippen LogP) is 5.75. The second-order valence-electron chi connectivity index (χ2n) is 7.99. The molecule has 0 saturated heterocycles. The standard InChI is InChI=1S/C26H27N3O3S2.ClH/c1-18(30)23(29-15-22(26(27)31)28-17-29)13-10-20-5-2-3-6-24(20)32-16-19-8-11-21(12-9-19)34-25-7-4-14-33-25;/h2-9,11-12,14-15,17-18,23,30H,10,13,16H2,1H3,(H2,27,31);1H/t18-,23+;/m0./s1. The van der Waals surface area contributed by atoms with Crippen molar-refractivity contribution < 1.29 is 14.6 Å². The van der Waals surface area contributed by atoms with Crippen LogP contribution in [0.25, 0.3) is 0 Å². The van der Waals surface area contributed by atoms with Crippen LogP contribution in [0.5, 0.6) is 5.75 Å². The van der Waals surface area contributed by atoms with Gasteiger partial charge in [-0.1, -0.05) is 48.2 Å². The molecule has 1 amide bonds. The third-order valence-electron chi connectivity index (χ3n) is 5.51. The summed E-state index contributed by atoms with van der Waals surface area (Å²) in [6, 6.07) is 20.3. The van der Waals surface area contributed by atoms with Gasteiger partial charge in [0.25, 0.3) is 5.91 Å². The number of amides is 1. The fourth-order valence-corrected chi connectivity index (χ4v) is 5.44. The van der Waals surface area contributed by atoms with Gasteiger partial charge in [-0.3, -0.25) is 4.79 Å². The Morgan fingerprint density at radius 3 is 2.60 bits per heavy atom. The van der Waals surface area contributed by atoms with Crippen molar-refractivity contribution in [3.63, 3.8) is 0 Å². The molecule has 2 aromatic heterocycles. The van der Waals surface area contributed by atoms with Crippen LogP contribution in [0.1, 0.15) is 41.0 Å². The Kier molecular flexibility index (Phi) is 9.80. The molecule has 4 aromatic rings. The Morgan fingerprint density at radius 1 is 1.17 bits per heavy atom. The first kappa shape index (κ1) is 26.8. The molecular formula is C26H28ClN3O3S2. The molecule has 3 N–H and O–H groups in total. The summed E-state index contributed by atoms with van der Waals surface area (Å²) >= 11 is 3.50. The third-order valence-corrected chi connectivity index (χ3v) is 7.55. The van der Waals surface area contributed by atoms with Gasteiger partial charge in [-0.15, -0.1) is 23.7 Å². The lowest BCUT2D eigenvalue weighted by Crippen LogP contribution is -2.21. The maximum absolute atomic E-state index is 11.4. The van der Waals surface area contributed by atoms with E-state index in [1.807, 2.05) is 24.3 Å². The molecular weight excluding hydrogens is 502 g/mol. The van der Waals surface area contributed by atoms with Crippen molar-refractivity contribution in [3.05, 3.63) is 95.4 Å². The van der Waals surface area contributed by atoms with Crippen LogP contribution in [0.2, 0.25) is 0 Å². The molecule has 0 unspecified atom stereocenters. The quantitative estimate of drug-likeness (QED) is 0.258. The van der Waals surface area contributed by atoms with Gasteiger partial charge in [-0.25, -0.2) is 4.98 Å². The van der Waals surface area contributed by atoms with Crippen molar-refractivity contribution in [2.24, 2.45) is 5.73 Å². The van der Waals surface area contributed by atoms with E-state index >= 15 is 0 Å². The van der Waals surface area contributed by atoms with E-state index in [1.54, 1.807) is 47.1 Å². The number of halogens is 1. The van der Waals surface area contributed by atoms with Gasteiger partial charge in [0.1, 0.15) is 18.1 Å². The second kappa shape index (κ2) is 12.8.